The van der Waals surface area contributed by atoms with Gasteiger partial charge in [0.1, 0.15) is 0 Å². The van der Waals surface area contributed by atoms with Gasteiger partial charge in [-0.05, 0) is 31.0 Å². The molecule has 0 aliphatic carbocycles. The van der Waals surface area contributed by atoms with Gasteiger partial charge in [0.25, 0.3) is 5.91 Å². The molecule has 1 aromatic rings. The van der Waals surface area contributed by atoms with Crippen LogP contribution in [0.4, 0.5) is 5.69 Å². The quantitative estimate of drug-likeness (QED) is 0.672. The molecule has 7 heteroatoms. The standard InChI is InChI=1S/C16H23NO6/c1-3-13-16(21)17(7-11(20)9-19)12-5-10(8-18)6-14(22-4-2)15(12)23-13/h5-6,11,13,18-20H,3-4,7-9H2,1-2H3. The van der Waals surface area contributed by atoms with Crippen molar-refractivity contribution < 1.29 is 29.6 Å². The van der Waals surface area contributed by atoms with E-state index >= 15 is 0 Å². The molecule has 0 saturated heterocycles. The highest BCUT2D eigenvalue weighted by molar-refractivity contribution is 6.00. The summed E-state index contributed by atoms with van der Waals surface area (Å²) in [6, 6.07) is 3.30. The van der Waals surface area contributed by atoms with Crippen molar-refractivity contribution in [3.8, 4) is 11.5 Å². The highest BCUT2D eigenvalue weighted by Crippen LogP contribution is 2.43. The van der Waals surface area contributed by atoms with Crippen LogP contribution in [0, 0.1) is 0 Å². The second-order valence-electron chi connectivity index (χ2n) is 5.33. The van der Waals surface area contributed by atoms with Crippen molar-refractivity contribution in [2.45, 2.75) is 39.1 Å². The predicted octanol–water partition coefficient (Wildman–Crippen LogP) is 0.435. The van der Waals surface area contributed by atoms with Gasteiger partial charge in [0.2, 0.25) is 0 Å². The Morgan fingerprint density at radius 2 is 2.09 bits per heavy atom. The van der Waals surface area contributed by atoms with Gasteiger partial charge in [0, 0.05) is 0 Å². The molecule has 128 valence electrons. The first-order valence-corrected chi connectivity index (χ1v) is 7.73. The van der Waals surface area contributed by atoms with Crippen LogP contribution in [-0.2, 0) is 11.4 Å². The molecule has 0 bridgehead atoms. The third-order valence-corrected chi connectivity index (χ3v) is 3.64. The monoisotopic (exact) mass is 325 g/mol. The van der Waals surface area contributed by atoms with Crippen molar-refractivity contribution in [1.29, 1.82) is 0 Å². The summed E-state index contributed by atoms with van der Waals surface area (Å²) in [6.07, 6.45) is -1.26. The van der Waals surface area contributed by atoms with E-state index in [9.17, 15) is 15.0 Å². The Kier molecular flexibility index (Phi) is 5.81. The SMILES string of the molecule is CCOc1cc(CO)cc2c1OC(CC)C(=O)N2CC(O)CO. The number of carbonyl (C=O) groups is 1. The van der Waals surface area contributed by atoms with Gasteiger partial charge >= 0.3 is 0 Å². The number of amides is 1. The highest BCUT2D eigenvalue weighted by atomic mass is 16.5. The summed E-state index contributed by atoms with van der Waals surface area (Å²) in [7, 11) is 0. The lowest BCUT2D eigenvalue weighted by molar-refractivity contribution is -0.127. The number of benzene rings is 1. The largest absolute Gasteiger partial charge is 0.490 e. The average Bonchev–Trinajstić information content (AvgIpc) is 2.57. The van der Waals surface area contributed by atoms with E-state index in [0.29, 0.717) is 35.8 Å². The maximum absolute atomic E-state index is 12.5. The molecule has 1 aliphatic rings. The van der Waals surface area contributed by atoms with Crippen LogP contribution >= 0.6 is 0 Å². The molecule has 0 aromatic heterocycles. The molecule has 1 heterocycles. The number of β-amino-alcohol motifs (C(OH)–C–C–N with tert-alkyl or cyclic N) is 1. The molecule has 0 radical (unpaired) electrons. The molecule has 2 rings (SSSR count). The molecule has 1 aliphatic heterocycles. The van der Waals surface area contributed by atoms with Gasteiger partial charge in [-0.2, -0.15) is 0 Å². The maximum Gasteiger partial charge on any atom is 0.268 e. The molecule has 23 heavy (non-hydrogen) atoms. The number of ether oxygens (including phenoxy) is 2. The molecule has 1 aromatic carbocycles. The first-order chi connectivity index (χ1) is 11.0. The molecule has 0 spiro atoms. The fraction of sp³-hybridized carbons (Fsp3) is 0.562. The smallest absolute Gasteiger partial charge is 0.268 e. The topological polar surface area (TPSA) is 99.5 Å². The molecule has 7 nitrogen and oxygen atoms in total. The average molecular weight is 325 g/mol. The molecular weight excluding hydrogens is 302 g/mol. The van der Waals surface area contributed by atoms with E-state index in [1.54, 1.807) is 12.1 Å². The van der Waals surface area contributed by atoms with Crippen molar-refractivity contribution in [2.24, 2.45) is 0 Å². The fourth-order valence-corrected chi connectivity index (χ4v) is 2.52. The number of fused-ring (bicyclic) bond motifs is 1. The summed E-state index contributed by atoms with van der Waals surface area (Å²) in [4.78, 5) is 13.9. The Morgan fingerprint density at radius 3 is 2.65 bits per heavy atom. The lowest BCUT2D eigenvalue weighted by Gasteiger charge is -2.36. The van der Waals surface area contributed by atoms with Crippen LogP contribution in [0.3, 0.4) is 0 Å². The van der Waals surface area contributed by atoms with Gasteiger partial charge < -0.3 is 29.7 Å². The van der Waals surface area contributed by atoms with E-state index in [1.165, 1.54) is 4.90 Å². The zero-order valence-electron chi connectivity index (χ0n) is 13.4. The van der Waals surface area contributed by atoms with Crippen LogP contribution in [-0.4, -0.2) is 53.2 Å². The molecule has 0 saturated carbocycles. The Morgan fingerprint density at radius 1 is 1.35 bits per heavy atom. The second kappa shape index (κ2) is 7.63. The van der Waals surface area contributed by atoms with Crippen LogP contribution in [0.1, 0.15) is 25.8 Å². The third kappa shape index (κ3) is 3.57. The summed E-state index contributed by atoms with van der Waals surface area (Å²) < 4.78 is 11.3. The van der Waals surface area contributed by atoms with Crippen molar-refractivity contribution >= 4 is 11.6 Å². The number of aliphatic hydroxyl groups is 3. The lowest BCUT2D eigenvalue weighted by atomic mass is 10.1. The van der Waals surface area contributed by atoms with Crippen LogP contribution < -0.4 is 14.4 Å². The molecule has 1 amide bonds. The summed E-state index contributed by atoms with van der Waals surface area (Å²) in [5.74, 6) is 0.578. The van der Waals surface area contributed by atoms with Crippen LogP contribution in [0.25, 0.3) is 0 Å². The molecule has 3 N–H and O–H groups in total. The van der Waals surface area contributed by atoms with Crippen molar-refractivity contribution in [3.63, 3.8) is 0 Å². The Balaban J connectivity index is 2.52. The van der Waals surface area contributed by atoms with Gasteiger partial charge in [-0.25, -0.2) is 0 Å². The molecular formula is C16H23NO6. The third-order valence-electron chi connectivity index (χ3n) is 3.64. The van der Waals surface area contributed by atoms with Crippen molar-refractivity contribution in [3.05, 3.63) is 17.7 Å². The Hall–Kier alpha value is -1.83. The zero-order valence-corrected chi connectivity index (χ0v) is 13.4. The zero-order chi connectivity index (χ0) is 17.0. The minimum Gasteiger partial charge on any atom is -0.490 e. The summed E-state index contributed by atoms with van der Waals surface area (Å²) in [6.45, 7) is 3.36. The Labute approximate surface area is 135 Å². The van der Waals surface area contributed by atoms with Gasteiger partial charge in [-0.15, -0.1) is 0 Å². The van der Waals surface area contributed by atoms with Crippen molar-refractivity contribution in [1.82, 2.24) is 0 Å². The van der Waals surface area contributed by atoms with E-state index in [1.807, 2.05) is 13.8 Å². The lowest BCUT2D eigenvalue weighted by Crippen LogP contribution is -2.49. The Bertz CT molecular complexity index is 562. The van der Waals surface area contributed by atoms with Gasteiger partial charge in [-0.3, -0.25) is 4.79 Å². The van der Waals surface area contributed by atoms with E-state index in [-0.39, 0.29) is 19.1 Å². The van der Waals surface area contributed by atoms with Crippen LogP contribution in [0.15, 0.2) is 12.1 Å². The maximum atomic E-state index is 12.5. The first kappa shape index (κ1) is 17.5. The normalized spacial score (nSPS) is 18.4. The minimum absolute atomic E-state index is 0.0529. The summed E-state index contributed by atoms with van der Waals surface area (Å²) in [5, 5.41) is 28.2. The number of nitrogens with zero attached hydrogens (tertiary/aromatic N) is 1. The van der Waals surface area contributed by atoms with Crippen LogP contribution in [0.2, 0.25) is 0 Å². The van der Waals surface area contributed by atoms with Gasteiger partial charge in [-0.1, -0.05) is 6.92 Å². The first-order valence-electron chi connectivity index (χ1n) is 7.73. The van der Waals surface area contributed by atoms with Crippen LogP contribution in [0.5, 0.6) is 11.5 Å². The predicted molar refractivity (Wildman–Crippen MR) is 83.7 cm³/mol. The summed E-state index contributed by atoms with van der Waals surface area (Å²) >= 11 is 0. The number of aliphatic hydroxyl groups excluding tert-OH is 3. The number of rotatable bonds is 7. The van der Waals surface area contributed by atoms with E-state index in [2.05, 4.69) is 0 Å². The number of anilines is 1. The molecule has 0 fully saturated rings. The van der Waals surface area contributed by atoms with E-state index < -0.39 is 18.8 Å². The van der Waals surface area contributed by atoms with E-state index in [4.69, 9.17) is 14.6 Å². The highest BCUT2D eigenvalue weighted by Gasteiger charge is 2.36. The fourth-order valence-electron chi connectivity index (χ4n) is 2.52. The minimum atomic E-state index is -1.06. The van der Waals surface area contributed by atoms with Gasteiger partial charge in [0.15, 0.2) is 17.6 Å². The second-order valence-corrected chi connectivity index (χ2v) is 5.33. The molecule has 2 unspecified atom stereocenters. The van der Waals surface area contributed by atoms with Gasteiger partial charge in [0.05, 0.1) is 38.2 Å². The number of carbonyl (C=O) groups excluding carboxylic acids is 1. The summed E-state index contributed by atoms with van der Waals surface area (Å²) in [5.41, 5.74) is 1.00. The molecule has 2 atom stereocenters. The number of hydrogen-bond acceptors (Lipinski definition) is 6. The van der Waals surface area contributed by atoms with E-state index in [0.717, 1.165) is 0 Å². The number of hydrogen-bond donors (Lipinski definition) is 3. The van der Waals surface area contributed by atoms with Crippen molar-refractivity contribution in [2.75, 3.05) is 24.7 Å².